The lowest BCUT2D eigenvalue weighted by atomic mass is 10.1. The molecule has 2 N–H and O–H groups in total. The Hall–Kier alpha value is -1.00. The minimum atomic E-state index is 0.103. The van der Waals surface area contributed by atoms with Crippen molar-refractivity contribution in [1.82, 2.24) is 10.6 Å². The van der Waals surface area contributed by atoms with Gasteiger partial charge in [-0.15, -0.1) is 11.8 Å². The van der Waals surface area contributed by atoms with E-state index in [1.54, 1.807) is 11.8 Å². The third kappa shape index (κ3) is 6.12. The van der Waals surface area contributed by atoms with Gasteiger partial charge in [-0.3, -0.25) is 4.79 Å². The zero-order valence-electron chi connectivity index (χ0n) is 12.2. The molecule has 0 spiro atoms. The predicted octanol–water partition coefficient (Wildman–Crippen LogP) is 2.83. The number of carbonyl (C=O) groups is 1. The first-order valence-electron chi connectivity index (χ1n) is 6.69. The van der Waals surface area contributed by atoms with Crippen molar-refractivity contribution >= 4 is 17.7 Å². The number of hydrogen-bond acceptors (Lipinski definition) is 3. The van der Waals surface area contributed by atoms with Gasteiger partial charge in [0.15, 0.2) is 0 Å². The maximum atomic E-state index is 11.6. The second-order valence-corrected chi connectivity index (χ2v) is 6.11. The highest BCUT2D eigenvalue weighted by molar-refractivity contribution is 8.00. The van der Waals surface area contributed by atoms with Crippen LogP contribution in [0.4, 0.5) is 0 Å². The van der Waals surface area contributed by atoms with Gasteiger partial charge in [-0.05, 0) is 37.6 Å². The highest BCUT2D eigenvalue weighted by Crippen LogP contribution is 2.20. The summed E-state index contributed by atoms with van der Waals surface area (Å²) in [6.45, 7) is 7.06. The number of amides is 1. The summed E-state index contributed by atoms with van der Waals surface area (Å²) in [5.41, 5.74) is 1.26. The Morgan fingerprint density at radius 1 is 1.21 bits per heavy atom. The number of rotatable bonds is 7. The van der Waals surface area contributed by atoms with Crippen LogP contribution in [0.2, 0.25) is 0 Å². The third-order valence-electron chi connectivity index (χ3n) is 2.89. The second kappa shape index (κ2) is 8.23. The molecule has 0 saturated heterocycles. The van der Waals surface area contributed by atoms with Crippen molar-refractivity contribution < 1.29 is 4.79 Å². The lowest BCUT2D eigenvalue weighted by Gasteiger charge is -2.11. The second-order valence-electron chi connectivity index (χ2n) is 5.07. The molecule has 0 aromatic heterocycles. The molecule has 0 radical (unpaired) electrons. The van der Waals surface area contributed by atoms with Gasteiger partial charge in [-0.2, -0.15) is 0 Å². The average molecular weight is 280 g/mol. The van der Waals surface area contributed by atoms with Gasteiger partial charge in [-0.1, -0.05) is 26.0 Å². The van der Waals surface area contributed by atoms with Crippen LogP contribution in [0.25, 0.3) is 0 Å². The smallest absolute Gasteiger partial charge is 0.230 e. The van der Waals surface area contributed by atoms with Crippen LogP contribution < -0.4 is 10.6 Å². The molecule has 19 heavy (non-hydrogen) atoms. The lowest BCUT2D eigenvalue weighted by molar-refractivity contribution is -0.118. The predicted molar refractivity (Wildman–Crippen MR) is 82.5 cm³/mol. The first-order valence-corrected chi connectivity index (χ1v) is 7.68. The molecular weight excluding hydrogens is 256 g/mol. The zero-order chi connectivity index (χ0) is 14.3. The van der Waals surface area contributed by atoms with Crippen LogP contribution in [0.5, 0.6) is 0 Å². The fraction of sp³-hybridized carbons (Fsp3) is 0.533. The SMILES string of the molecule is CNC(C)c1ccc(SCC(=O)NCC(C)C)cc1. The molecule has 1 amide bonds. The van der Waals surface area contributed by atoms with Gasteiger partial charge < -0.3 is 10.6 Å². The molecule has 106 valence electrons. The van der Waals surface area contributed by atoms with Gasteiger partial charge >= 0.3 is 0 Å². The van der Waals surface area contributed by atoms with Crippen LogP contribution in [0.15, 0.2) is 29.2 Å². The van der Waals surface area contributed by atoms with Crippen molar-refractivity contribution in [3.8, 4) is 0 Å². The van der Waals surface area contributed by atoms with E-state index in [1.807, 2.05) is 7.05 Å². The summed E-state index contributed by atoms with van der Waals surface area (Å²) in [4.78, 5) is 12.7. The van der Waals surface area contributed by atoms with E-state index < -0.39 is 0 Å². The van der Waals surface area contributed by atoms with Crippen LogP contribution >= 0.6 is 11.8 Å². The zero-order valence-corrected chi connectivity index (χ0v) is 13.0. The molecule has 0 aliphatic carbocycles. The van der Waals surface area contributed by atoms with Gasteiger partial charge in [0.1, 0.15) is 0 Å². The van der Waals surface area contributed by atoms with Gasteiger partial charge in [0.05, 0.1) is 5.75 Å². The summed E-state index contributed by atoms with van der Waals surface area (Å²) < 4.78 is 0. The topological polar surface area (TPSA) is 41.1 Å². The standard InChI is InChI=1S/C15H24N2OS/c1-11(2)9-17-15(18)10-19-14-7-5-13(6-8-14)12(3)16-4/h5-8,11-12,16H,9-10H2,1-4H3,(H,17,18). The van der Waals surface area contributed by atoms with Gasteiger partial charge in [0, 0.05) is 17.5 Å². The largest absolute Gasteiger partial charge is 0.355 e. The Bertz CT molecular complexity index is 390. The Kier molecular flexibility index (Phi) is 6.95. The van der Waals surface area contributed by atoms with Crippen molar-refractivity contribution in [1.29, 1.82) is 0 Å². The molecule has 1 aromatic rings. The number of nitrogens with one attached hydrogen (secondary N) is 2. The van der Waals surface area contributed by atoms with E-state index in [-0.39, 0.29) is 5.91 Å². The molecule has 4 heteroatoms. The van der Waals surface area contributed by atoms with E-state index in [0.29, 0.717) is 17.7 Å². The quantitative estimate of drug-likeness (QED) is 0.755. The van der Waals surface area contributed by atoms with Crippen molar-refractivity contribution in [3.05, 3.63) is 29.8 Å². The van der Waals surface area contributed by atoms with Crippen LogP contribution in [0, 0.1) is 5.92 Å². The van der Waals surface area contributed by atoms with E-state index in [4.69, 9.17) is 0 Å². The molecule has 0 saturated carbocycles. The highest BCUT2D eigenvalue weighted by Gasteiger charge is 2.05. The minimum Gasteiger partial charge on any atom is -0.355 e. The molecule has 0 aliphatic rings. The Balaban J connectivity index is 2.39. The van der Waals surface area contributed by atoms with Crippen molar-refractivity contribution in [3.63, 3.8) is 0 Å². The first-order chi connectivity index (χ1) is 9.02. The van der Waals surface area contributed by atoms with Crippen LogP contribution in [0.1, 0.15) is 32.4 Å². The molecule has 0 fully saturated rings. The van der Waals surface area contributed by atoms with Crippen LogP contribution in [-0.2, 0) is 4.79 Å². The Morgan fingerprint density at radius 3 is 2.37 bits per heavy atom. The summed E-state index contributed by atoms with van der Waals surface area (Å²) >= 11 is 1.58. The van der Waals surface area contributed by atoms with E-state index in [1.165, 1.54) is 5.56 Å². The van der Waals surface area contributed by atoms with Crippen molar-refractivity contribution in [2.45, 2.75) is 31.7 Å². The van der Waals surface area contributed by atoms with E-state index in [9.17, 15) is 4.79 Å². The van der Waals surface area contributed by atoms with Gasteiger partial charge in [-0.25, -0.2) is 0 Å². The van der Waals surface area contributed by atoms with E-state index in [0.717, 1.165) is 11.4 Å². The van der Waals surface area contributed by atoms with Crippen molar-refractivity contribution in [2.75, 3.05) is 19.3 Å². The fourth-order valence-corrected chi connectivity index (χ4v) is 2.27. The summed E-state index contributed by atoms with van der Waals surface area (Å²) in [5.74, 6) is 1.08. The van der Waals surface area contributed by atoms with Crippen LogP contribution in [-0.4, -0.2) is 25.3 Å². The lowest BCUT2D eigenvalue weighted by Crippen LogP contribution is -2.28. The first kappa shape index (κ1) is 16.1. The van der Waals surface area contributed by atoms with Crippen molar-refractivity contribution in [2.24, 2.45) is 5.92 Å². The minimum absolute atomic E-state index is 0.103. The van der Waals surface area contributed by atoms with Gasteiger partial charge in [0.25, 0.3) is 0 Å². The molecule has 3 nitrogen and oxygen atoms in total. The molecule has 1 aromatic carbocycles. The maximum absolute atomic E-state index is 11.6. The summed E-state index contributed by atoms with van der Waals surface area (Å²) in [7, 11) is 1.95. The molecule has 0 aliphatic heterocycles. The molecule has 0 heterocycles. The number of carbonyl (C=O) groups excluding carboxylic acids is 1. The van der Waals surface area contributed by atoms with Crippen LogP contribution in [0.3, 0.4) is 0 Å². The summed E-state index contributed by atoms with van der Waals surface area (Å²) in [6.07, 6.45) is 0. The molecule has 0 bridgehead atoms. The maximum Gasteiger partial charge on any atom is 0.230 e. The number of thioether (sulfide) groups is 1. The number of hydrogen-bond donors (Lipinski definition) is 2. The molecule has 1 rings (SSSR count). The number of benzene rings is 1. The summed E-state index contributed by atoms with van der Waals surface area (Å²) in [6, 6.07) is 8.71. The third-order valence-corrected chi connectivity index (χ3v) is 3.90. The summed E-state index contributed by atoms with van der Waals surface area (Å²) in [5, 5.41) is 6.13. The van der Waals surface area contributed by atoms with E-state index >= 15 is 0 Å². The fourth-order valence-electron chi connectivity index (χ4n) is 1.54. The Labute approximate surface area is 120 Å². The Morgan fingerprint density at radius 2 is 1.84 bits per heavy atom. The van der Waals surface area contributed by atoms with Gasteiger partial charge in [0.2, 0.25) is 5.91 Å². The average Bonchev–Trinajstić information content (AvgIpc) is 2.42. The normalized spacial score (nSPS) is 12.5. The molecule has 1 atom stereocenters. The van der Waals surface area contributed by atoms with E-state index in [2.05, 4.69) is 55.7 Å². The monoisotopic (exact) mass is 280 g/mol. The molecule has 1 unspecified atom stereocenters. The molecular formula is C15H24N2OS. The highest BCUT2D eigenvalue weighted by atomic mass is 32.2.